The molecule has 2 amide bonds. The molecule has 0 aromatic heterocycles. The Morgan fingerprint density at radius 1 is 1.12 bits per heavy atom. The zero-order valence-corrected chi connectivity index (χ0v) is 15.2. The highest BCUT2D eigenvalue weighted by atomic mass is 16.4. The number of carboxylic acid groups (broad SMARTS) is 1. The fraction of sp³-hybridized carbons (Fsp3) is 0.471. The lowest BCUT2D eigenvalue weighted by Gasteiger charge is -2.22. The summed E-state index contributed by atoms with van der Waals surface area (Å²) in [6, 6.07) is 3.43. The summed E-state index contributed by atoms with van der Waals surface area (Å²) < 4.78 is 0. The van der Waals surface area contributed by atoms with Crippen LogP contribution in [0.15, 0.2) is 24.3 Å². The first-order valence-electron chi connectivity index (χ1n) is 8.15. The lowest BCUT2D eigenvalue weighted by molar-refractivity contribution is -0.398. The van der Waals surface area contributed by atoms with Crippen LogP contribution < -0.4 is 21.5 Å². The summed E-state index contributed by atoms with van der Waals surface area (Å²) in [7, 11) is 0. The largest absolute Gasteiger partial charge is 0.548 e. The highest BCUT2D eigenvalue weighted by Gasteiger charge is 2.25. The maximum atomic E-state index is 12.2. The van der Waals surface area contributed by atoms with E-state index in [4.69, 9.17) is 5.11 Å². The molecule has 1 aromatic rings. The van der Waals surface area contributed by atoms with Crippen molar-refractivity contribution in [3.05, 3.63) is 29.8 Å². The van der Waals surface area contributed by atoms with E-state index in [1.165, 1.54) is 19.1 Å². The average Bonchev–Trinajstić information content (AvgIpc) is 2.56. The second kappa shape index (κ2) is 11.8. The topological polar surface area (TPSA) is 166 Å². The van der Waals surface area contributed by atoms with Crippen LogP contribution in [0.1, 0.15) is 26.3 Å². The normalized spacial score (nSPS) is 13.4. The maximum absolute atomic E-state index is 12.2. The van der Waals surface area contributed by atoms with Gasteiger partial charge in [0.1, 0.15) is 11.8 Å². The number of rotatable bonds is 7. The van der Waals surface area contributed by atoms with Gasteiger partial charge in [-0.15, -0.1) is 0 Å². The summed E-state index contributed by atoms with van der Waals surface area (Å²) in [5, 5.41) is 32.4. The van der Waals surface area contributed by atoms with Crippen molar-refractivity contribution in [2.75, 3.05) is 6.61 Å². The van der Waals surface area contributed by atoms with Crippen molar-refractivity contribution in [2.45, 2.75) is 45.3 Å². The third kappa shape index (κ3) is 9.00. The number of phenolic OH excluding ortho intramolecular Hbond substituents is 1. The number of aliphatic hydroxyl groups is 1. The molecule has 7 N–H and O–H groups in total. The second-order valence-electron chi connectivity index (χ2n) is 5.70. The number of hydrogen-bond donors (Lipinski definition) is 5. The predicted octanol–water partition coefficient (Wildman–Crippen LogP) is -2.70. The summed E-state index contributed by atoms with van der Waals surface area (Å²) in [6.07, 6.45) is 0.143. The highest BCUT2D eigenvalue weighted by Crippen LogP contribution is 2.11. The number of carbonyl (C=O) groups excluding carboxylic acids is 3. The number of aromatic hydroxyl groups is 1. The molecular weight excluding hydrogens is 342 g/mol. The van der Waals surface area contributed by atoms with Crippen LogP contribution in [0.2, 0.25) is 0 Å². The summed E-state index contributed by atoms with van der Waals surface area (Å²) in [5.74, 6) is -2.40. The van der Waals surface area contributed by atoms with Gasteiger partial charge in [-0.3, -0.25) is 9.59 Å². The van der Waals surface area contributed by atoms with Gasteiger partial charge < -0.3 is 36.5 Å². The molecule has 1 aromatic carbocycles. The lowest BCUT2D eigenvalue weighted by Crippen LogP contribution is -2.67. The quantitative estimate of drug-likeness (QED) is 0.351. The zero-order chi connectivity index (χ0) is 20.3. The Morgan fingerprint density at radius 3 is 2.04 bits per heavy atom. The minimum absolute atomic E-state index is 0.0794. The molecule has 9 heteroatoms. The molecule has 146 valence electrons. The Labute approximate surface area is 152 Å². The van der Waals surface area contributed by atoms with Crippen molar-refractivity contribution >= 4 is 17.8 Å². The first-order valence-corrected chi connectivity index (χ1v) is 8.15. The Bertz CT molecular complexity index is 589. The van der Waals surface area contributed by atoms with Crippen molar-refractivity contribution in [3.8, 4) is 5.75 Å². The van der Waals surface area contributed by atoms with E-state index in [-0.39, 0.29) is 18.8 Å². The van der Waals surface area contributed by atoms with Crippen LogP contribution in [0.5, 0.6) is 5.75 Å². The van der Waals surface area contributed by atoms with Gasteiger partial charge in [0.2, 0.25) is 5.91 Å². The van der Waals surface area contributed by atoms with Gasteiger partial charge in [0.25, 0.3) is 5.91 Å². The molecule has 0 saturated heterocycles. The van der Waals surface area contributed by atoms with Gasteiger partial charge >= 0.3 is 0 Å². The lowest BCUT2D eigenvalue weighted by atomic mass is 10.0. The number of quaternary nitrogens is 1. The van der Waals surface area contributed by atoms with Crippen LogP contribution in [-0.2, 0) is 20.8 Å². The number of aliphatic hydroxyl groups excluding tert-OH is 1. The van der Waals surface area contributed by atoms with Crippen molar-refractivity contribution in [3.63, 3.8) is 0 Å². The number of hydrogen-bond acceptors (Lipinski definition) is 6. The molecule has 0 heterocycles. The highest BCUT2D eigenvalue weighted by molar-refractivity contribution is 5.91. The van der Waals surface area contributed by atoms with E-state index in [9.17, 15) is 24.6 Å². The Balaban J connectivity index is 0.00000194. The SMILES string of the molecule is CCO.C[C@H]([NH3+])C(=O)N[C@@H](Cc1ccc(O)cc1)C(=O)N[C@@H](C)C(=O)[O-]. The molecule has 0 aliphatic heterocycles. The standard InChI is InChI=1S/C15H21N3O5.C2H6O/c1-8(16)13(20)18-12(14(21)17-9(2)15(22)23)7-10-3-5-11(19)6-4-10;1-2-3/h3-6,8-9,12,19H,7,16H2,1-2H3,(H,17,21)(H,18,20)(H,22,23);3H,2H2,1H3/t8-,9-,12-;/m0./s1. The number of nitrogens with one attached hydrogen (secondary N) is 2. The van der Waals surface area contributed by atoms with E-state index >= 15 is 0 Å². The minimum atomic E-state index is -1.42. The van der Waals surface area contributed by atoms with E-state index in [0.717, 1.165) is 0 Å². The van der Waals surface area contributed by atoms with Gasteiger partial charge in [-0.1, -0.05) is 12.1 Å². The number of phenols is 1. The van der Waals surface area contributed by atoms with Gasteiger partial charge in [-0.25, -0.2) is 0 Å². The molecule has 0 aliphatic rings. The molecule has 1 rings (SSSR count). The first-order chi connectivity index (χ1) is 12.1. The minimum Gasteiger partial charge on any atom is -0.548 e. The molecule has 0 spiro atoms. The van der Waals surface area contributed by atoms with Crippen LogP contribution in [0.4, 0.5) is 0 Å². The molecule has 0 fully saturated rings. The van der Waals surface area contributed by atoms with Gasteiger partial charge in [-0.05, 0) is 38.5 Å². The Hall–Kier alpha value is -2.65. The monoisotopic (exact) mass is 369 g/mol. The van der Waals surface area contributed by atoms with Gasteiger partial charge in [0.15, 0.2) is 6.04 Å². The first kappa shape index (κ1) is 23.4. The number of carbonyl (C=O) groups is 3. The summed E-state index contributed by atoms with van der Waals surface area (Å²) in [5.41, 5.74) is 4.27. The second-order valence-corrected chi connectivity index (χ2v) is 5.70. The van der Waals surface area contributed by atoms with Crippen LogP contribution >= 0.6 is 0 Å². The third-order valence-electron chi connectivity index (χ3n) is 3.17. The summed E-state index contributed by atoms with van der Waals surface area (Å²) in [6.45, 7) is 4.78. The van der Waals surface area contributed by atoms with Gasteiger partial charge in [-0.2, -0.15) is 0 Å². The van der Waals surface area contributed by atoms with Crippen molar-refractivity contribution in [1.82, 2.24) is 10.6 Å². The molecule has 9 nitrogen and oxygen atoms in total. The third-order valence-corrected chi connectivity index (χ3v) is 3.17. The number of amides is 2. The summed E-state index contributed by atoms with van der Waals surface area (Å²) in [4.78, 5) is 34.7. The number of benzene rings is 1. The average molecular weight is 369 g/mol. The maximum Gasteiger partial charge on any atom is 0.278 e. The molecule has 0 radical (unpaired) electrons. The van der Waals surface area contributed by atoms with Crippen molar-refractivity contribution in [1.29, 1.82) is 0 Å². The van der Waals surface area contributed by atoms with Crippen LogP contribution in [0.25, 0.3) is 0 Å². The molecule has 0 bridgehead atoms. The smallest absolute Gasteiger partial charge is 0.278 e. The van der Waals surface area contributed by atoms with Gasteiger partial charge in [0.05, 0.1) is 12.0 Å². The van der Waals surface area contributed by atoms with E-state index in [2.05, 4.69) is 16.4 Å². The zero-order valence-electron chi connectivity index (χ0n) is 15.2. The molecule has 0 unspecified atom stereocenters. The fourth-order valence-electron chi connectivity index (χ4n) is 1.76. The molecule has 26 heavy (non-hydrogen) atoms. The van der Waals surface area contributed by atoms with E-state index in [1.807, 2.05) is 0 Å². The molecule has 0 saturated carbocycles. The van der Waals surface area contributed by atoms with Crippen LogP contribution in [-0.4, -0.2) is 52.7 Å². The molecule has 3 atom stereocenters. The van der Waals surface area contributed by atoms with E-state index in [0.29, 0.717) is 5.56 Å². The number of aliphatic carboxylic acids is 1. The van der Waals surface area contributed by atoms with Crippen molar-refractivity contribution in [2.24, 2.45) is 0 Å². The Morgan fingerprint density at radius 2 is 1.62 bits per heavy atom. The van der Waals surface area contributed by atoms with Crippen molar-refractivity contribution < 1.29 is 35.4 Å². The van der Waals surface area contributed by atoms with Gasteiger partial charge in [0, 0.05) is 13.0 Å². The Kier molecular flexibility index (Phi) is 10.6. The fourth-order valence-corrected chi connectivity index (χ4v) is 1.76. The van der Waals surface area contributed by atoms with Crippen LogP contribution in [0.3, 0.4) is 0 Å². The van der Waals surface area contributed by atoms with E-state index < -0.39 is 35.9 Å². The van der Waals surface area contributed by atoms with Crippen LogP contribution in [0, 0.1) is 0 Å². The number of carboxylic acids is 1. The molecule has 0 aliphatic carbocycles. The summed E-state index contributed by atoms with van der Waals surface area (Å²) >= 11 is 0. The predicted molar refractivity (Wildman–Crippen MR) is 91.5 cm³/mol. The van der Waals surface area contributed by atoms with E-state index in [1.54, 1.807) is 26.0 Å². The molecular formula is C17H27N3O6.